The maximum absolute atomic E-state index is 6.06. The molecular weight excluding hydrogens is 274 g/mol. The molecule has 4 nitrogen and oxygen atoms in total. The molecule has 5 heteroatoms. The van der Waals surface area contributed by atoms with E-state index in [4.69, 9.17) is 16.3 Å². The lowest BCUT2D eigenvalue weighted by molar-refractivity contribution is 0.301. The highest BCUT2D eigenvalue weighted by Gasteiger charge is 2.07. The molecule has 1 N–H and O–H groups in total. The average molecular weight is 294 g/mol. The highest BCUT2D eigenvalue weighted by atomic mass is 35.5. The highest BCUT2D eigenvalue weighted by molar-refractivity contribution is 6.30. The smallest absolute Gasteiger partial charge is 0.124 e. The molecule has 1 heterocycles. The molecule has 0 amide bonds. The Labute approximate surface area is 124 Å². The third-order valence-corrected chi connectivity index (χ3v) is 3.11. The molecule has 108 valence electrons. The minimum absolute atomic E-state index is 0.417. The number of aryl methyl sites for hydroxylation is 1. The number of ether oxygens (including phenoxy) is 1. The maximum Gasteiger partial charge on any atom is 0.124 e. The second-order valence-corrected chi connectivity index (χ2v) is 5.54. The van der Waals surface area contributed by atoms with Gasteiger partial charge in [-0.1, -0.05) is 25.4 Å². The molecule has 2 aromatic rings. The van der Waals surface area contributed by atoms with Crippen LogP contribution in [0.3, 0.4) is 0 Å². The number of rotatable bonds is 6. The van der Waals surface area contributed by atoms with Gasteiger partial charge >= 0.3 is 0 Å². The van der Waals surface area contributed by atoms with Crippen LogP contribution in [0, 0.1) is 0 Å². The van der Waals surface area contributed by atoms with Crippen molar-refractivity contribution >= 4 is 11.6 Å². The van der Waals surface area contributed by atoms with Gasteiger partial charge in [0.25, 0.3) is 0 Å². The molecule has 0 fully saturated rings. The van der Waals surface area contributed by atoms with Crippen LogP contribution >= 0.6 is 11.6 Å². The SMILES string of the molecule is CC(C)NCc1cc(Cl)ccc1OCc1cnn(C)c1. The predicted octanol–water partition coefficient (Wildman–Crippen LogP) is 3.15. The zero-order valence-electron chi connectivity index (χ0n) is 12.1. The summed E-state index contributed by atoms with van der Waals surface area (Å²) in [7, 11) is 1.89. The van der Waals surface area contributed by atoms with E-state index in [0.29, 0.717) is 12.6 Å². The van der Waals surface area contributed by atoms with E-state index in [2.05, 4.69) is 24.3 Å². The van der Waals surface area contributed by atoms with Gasteiger partial charge in [-0.05, 0) is 18.2 Å². The quantitative estimate of drug-likeness (QED) is 0.889. The number of aromatic nitrogens is 2. The van der Waals surface area contributed by atoms with Gasteiger partial charge in [-0.2, -0.15) is 5.10 Å². The van der Waals surface area contributed by atoms with Crippen molar-refractivity contribution in [2.24, 2.45) is 7.05 Å². The molecule has 2 rings (SSSR count). The van der Waals surface area contributed by atoms with E-state index in [0.717, 1.165) is 28.4 Å². The first-order chi connectivity index (χ1) is 9.54. The summed E-state index contributed by atoms with van der Waals surface area (Å²) in [5.74, 6) is 0.853. The fourth-order valence-corrected chi connectivity index (χ4v) is 2.04. The van der Waals surface area contributed by atoms with Crippen molar-refractivity contribution in [1.82, 2.24) is 15.1 Å². The van der Waals surface area contributed by atoms with Crippen LogP contribution in [0.2, 0.25) is 5.02 Å². The second-order valence-electron chi connectivity index (χ2n) is 5.10. The Morgan fingerprint density at radius 1 is 1.40 bits per heavy atom. The van der Waals surface area contributed by atoms with Crippen LogP contribution in [0.4, 0.5) is 0 Å². The molecule has 0 spiro atoms. The Morgan fingerprint density at radius 2 is 2.20 bits per heavy atom. The van der Waals surface area contributed by atoms with E-state index in [9.17, 15) is 0 Å². The lowest BCUT2D eigenvalue weighted by atomic mass is 10.2. The van der Waals surface area contributed by atoms with E-state index >= 15 is 0 Å². The van der Waals surface area contributed by atoms with Crippen LogP contribution in [0.5, 0.6) is 5.75 Å². The molecule has 0 saturated carbocycles. The van der Waals surface area contributed by atoms with E-state index < -0.39 is 0 Å². The van der Waals surface area contributed by atoms with Gasteiger partial charge < -0.3 is 10.1 Å². The van der Waals surface area contributed by atoms with Crippen molar-refractivity contribution in [3.8, 4) is 5.75 Å². The molecule has 0 bridgehead atoms. The van der Waals surface area contributed by atoms with Crippen molar-refractivity contribution < 1.29 is 4.74 Å². The Morgan fingerprint density at radius 3 is 2.85 bits per heavy atom. The van der Waals surface area contributed by atoms with Crippen molar-refractivity contribution in [2.45, 2.75) is 33.0 Å². The van der Waals surface area contributed by atoms with Crippen LogP contribution < -0.4 is 10.1 Å². The molecule has 0 unspecified atom stereocenters. The molecule has 0 radical (unpaired) electrons. The average Bonchev–Trinajstić information content (AvgIpc) is 2.81. The summed E-state index contributed by atoms with van der Waals surface area (Å²) in [6.07, 6.45) is 3.75. The Bertz CT molecular complexity index is 566. The van der Waals surface area contributed by atoms with E-state index in [1.165, 1.54) is 0 Å². The monoisotopic (exact) mass is 293 g/mol. The van der Waals surface area contributed by atoms with Gasteiger partial charge in [0.05, 0.1) is 6.20 Å². The van der Waals surface area contributed by atoms with Crippen LogP contribution in [0.1, 0.15) is 25.0 Å². The summed E-state index contributed by atoms with van der Waals surface area (Å²) in [5, 5.41) is 8.23. The summed E-state index contributed by atoms with van der Waals surface area (Å²) in [4.78, 5) is 0. The third-order valence-electron chi connectivity index (χ3n) is 2.88. The van der Waals surface area contributed by atoms with Crippen LogP contribution in [-0.4, -0.2) is 15.8 Å². The summed E-state index contributed by atoms with van der Waals surface area (Å²) in [5.41, 5.74) is 2.11. The molecule has 20 heavy (non-hydrogen) atoms. The van der Waals surface area contributed by atoms with E-state index in [1.54, 1.807) is 4.68 Å². The normalized spacial score (nSPS) is 11.1. The van der Waals surface area contributed by atoms with Crippen LogP contribution in [-0.2, 0) is 20.2 Å². The maximum atomic E-state index is 6.06. The molecule has 0 saturated heterocycles. The number of halogens is 1. The Hall–Kier alpha value is -1.52. The number of nitrogens with one attached hydrogen (secondary N) is 1. The molecule has 0 aliphatic rings. The predicted molar refractivity (Wildman–Crippen MR) is 81.0 cm³/mol. The lowest BCUT2D eigenvalue weighted by Gasteiger charge is -2.13. The van der Waals surface area contributed by atoms with Crippen molar-refractivity contribution in [3.05, 3.63) is 46.7 Å². The van der Waals surface area contributed by atoms with Crippen molar-refractivity contribution in [1.29, 1.82) is 0 Å². The van der Waals surface area contributed by atoms with Gasteiger partial charge in [-0.3, -0.25) is 4.68 Å². The first kappa shape index (κ1) is 14.9. The fourth-order valence-electron chi connectivity index (χ4n) is 1.85. The summed E-state index contributed by atoms with van der Waals surface area (Å²) in [6.45, 7) is 5.46. The standard InChI is InChI=1S/C15H20ClN3O/c1-11(2)17-8-13-6-14(16)4-5-15(13)20-10-12-7-18-19(3)9-12/h4-7,9,11,17H,8,10H2,1-3H3. The van der Waals surface area contributed by atoms with Gasteiger partial charge in [-0.15, -0.1) is 0 Å². The van der Waals surface area contributed by atoms with Crippen molar-refractivity contribution in [2.75, 3.05) is 0 Å². The molecule has 0 aliphatic heterocycles. The summed E-state index contributed by atoms with van der Waals surface area (Å²) in [6, 6.07) is 6.12. The topological polar surface area (TPSA) is 39.1 Å². The molecule has 1 aromatic carbocycles. The van der Waals surface area contributed by atoms with Gasteiger partial charge in [0, 0.05) is 42.0 Å². The number of benzene rings is 1. The Balaban J connectivity index is 2.05. The highest BCUT2D eigenvalue weighted by Crippen LogP contribution is 2.24. The minimum atomic E-state index is 0.417. The lowest BCUT2D eigenvalue weighted by Crippen LogP contribution is -2.22. The number of nitrogens with zero attached hydrogens (tertiary/aromatic N) is 2. The number of hydrogen-bond acceptors (Lipinski definition) is 3. The summed E-state index contributed by atoms with van der Waals surface area (Å²) < 4.78 is 7.64. The number of hydrogen-bond donors (Lipinski definition) is 1. The van der Waals surface area contributed by atoms with Crippen LogP contribution in [0.15, 0.2) is 30.6 Å². The van der Waals surface area contributed by atoms with Crippen molar-refractivity contribution in [3.63, 3.8) is 0 Å². The second kappa shape index (κ2) is 6.77. The van der Waals surface area contributed by atoms with E-state index in [1.807, 2.05) is 37.6 Å². The third kappa shape index (κ3) is 4.25. The van der Waals surface area contributed by atoms with E-state index in [-0.39, 0.29) is 0 Å². The van der Waals surface area contributed by atoms with Crippen LogP contribution in [0.25, 0.3) is 0 Å². The fraction of sp³-hybridized carbons (Fsp3) is 0.400. The summed E-state index contributed by atoms with van der Waals surface area (Å²) >= 11 is 6.06. The zero-order chi connectivity index (χ0) is 14.5. The zero-order valence-corrected chi connectivity index (χ0v) is 12.8. The minimum Gasteiger partial charge on any atom is -0.488 e. The largest absolute Gasteiger partial charge is 0.488 e. The molecule has 1 aromatic heterocycles. The Kier molecular flexibility index (Phi) is 5.04. The molecular formula is C15H20ClN3O. The molecule has 0 atom stereocenters. The first-order valence-corrected chi connectivity index (χ1v) is 7.04. The van der Waals surface area contributed by atoms with Gasteiger partial charge in [-0.25, -0.2) is 0 Å². The first-order valence-electron chi connectivity index (χ1n) is 6.66. The van der Waals surface area contributed by atoms with Gasteiger partial charge in [0.15, 0.2) is 0 Å². The molecule has 0 aliphatic carbocycles. The van der Waals surface area contributed by atoms with Gasteiger partial charge in [0.2, 0.25) is 0 Å². The van der Waals surface area contributed by atoms with Gasteiger partial charge in [0.1, 0.15) is 12.4 Å².